The summed E-state index contributed by atoms with van der Waals surface area (Å²) in [6.07, 6.45) is 1.89. The Morgan fingerprint density at radius 3 is 2.56 bits per heavy atom. The zero-order chi connectivity index (χ0) is 18.1. The molecule has 0 saturated heterocycles. The molecule has 0 fully saturated rings. The first-order chi connectivity index (χ1) is 12.1. The maximum atomic E-state index is 12.2. The maximum Gasteiger partial charge on any atom is 0.338 e. The van der Waals surface area contributed by atoms with Gasteiger partial charge < -0.3 is 15.2 Å². The van der Waals surface area contributed by atoms with Crippen LogP contribution in [0.5, 0.6) is 5.75 Å². The molecule has 0 bridgehead atoms. The second-order valence-corrected chi connectivity index (χ2v) is 6.22. The fourth-order valence-corrected chi connectivity index (χ4v) is 2.57. The Bertz CT molecular complexity index is 720. The minimum absolute atomic E-state index is 0.145. The van der Waals surface area contributed by atoms with Crippen molar-refractivity contribution in [1.82, 2.24) is 0 Å². The summed E-state index contributed by atoms with van der Waals surface area (Å²) in [7, 11) is 0. The van der Waals surface area contributed by atoms with Crippen molar-refractivity contribution in [2.75, 3.05) is 11.9 Å². The Kier molecular flexibility index (Phi) is 7.47. The monoisotopic (exact) mass is 404 g/mol. The molecule has 132 valence electrons. The molecule has 25 heavy (non-hydrogen) atoms. The van der Waals surface area contributed by atoms with Crippen LogP contribution in [0.25, 0.3) is 0 Å². The van der Waals surface area contributed by atoms with E-state index in [-0.39, 0.29) is 12.4 Å². The fourth-order valence-electron chi connectivity index (χ4n) is 2.18. The lowest BCUT2D eigenvalue weighted by Gasteiger charge is -2.12. The zero-order valence-corrected chi connectivity index (χ0v) is 15.4. The number of halogens is 1. The molecule has 0 aromatic heterocycles. The number of nitrogens with two attached hydrogens (primary N) is 1. The molecule has 2 aromatic rings. The molecule has 3 N–H and O–H groups in total. The number of hydrogen-bond acceptors (Lipinski definition) is 4. The van der Waals surface area contributed by atoms with E-state index in [1.807, 2.05) is 30.3 Å². The number of unbranched alkanes of at least 4 members (excludes halogenated alkanes) is 1. The van der Waals surface area contributed by atoms with E-state index in [0.29, 0.717) is 23.5 Å². The average molecular weight is 405 g/mol. The lowest BCUT2D eigenvalue weighted by atomic mass is 10.1. The van der Waals surface area contributed by atoms with Crippen LogP contribution in [-0.4, -0.2) is 23.7 Å². The van der Waals surface area contributed by atoms with Crippen LogP contribution in [-0.2, 0) is 11.3 Å². The largest absolute Gasteiger partial charge is 0.493 e. The number of nitrogen functional groups attached to an aromatic ring is 1. The molecule has 0 heterocycles. The van der Waals surface area contributed by atoms with Crippen molar-refractivity contribution < 1.29 is 14.3 Å². The third-order valence-electron chi connectivity index (χ3n) is 3.50. The summed E-state index contributed by atoms with van der Waals surface area (Å²) >= 11 is 3.37. The predicted molar refractivity (Wildman–Crippen MR) is 102 cm³/mol. The van der Waals surface area contributed by atoms with Crippen molar-refractivity contribution in [2.24, 2.45) is 5.73 Å². The standard InChI is InChI=1S/C19H21BrN2O3/c20-10-4-5-11-24-17-9-8-15(12-16(17)18(21)22)19(23)25-13-14-6-2-1-3-7-14/h1-3,6-9,12H,4-5,10-11,13H2,(H3,21,22). The summed E-state index contributed by atoms with van der Waals surface area (Å²) < 4.78 is 11.0. The van der Waals surface area contributed by atoms with E-state index in [4.69, 9.17) is 20.6 Å². The highest BCUT2D eigenvalue weighted by atomic mass is 79.9. The van der Waals surface area contributed by atoms with Crippen LogP contribution in [0.2, 0.25) is 0 Å². The van der Waals surface area contributed by atoms with E-state index >= 15 is 0 Å². The van der Waals surface area contributed by atoms with E-state index < -0.39 is 5.97 Å². The zero-order valence-electron chi connectivity index (χ0n) is 13.8. The first-order valence-corrected chi connectivity index (χ1v) is 9.12. The van der Waals surface area contributed by atoms with E-state index in [0.717, 1.165) is 23.7 Å². The van der Waals surface area contributed by atoms with Crippen LogP contribution < -0.4 is 10.5 Å². The van der Waals surface area contributed by atoms with Gasteiger partial charge in [-0.15, -0.1) is 0 Å². The number of esters is 1. The summed E-state index contributed by atoms with van der Waals surface area (Å²) in [5.41, 5.74) is 7.27. The summed E-state index contributed by atoms with van der Waals surface area (Å²) in [4.78, 5) is 12.2. The normalized spacial score (nSPS) is 10.3. The van der Waals surface area contributed by atoms with E-state index in [1.165, 1.54) is 6.07 Å². The Hall–Kier alpha value is -2.34. The number of benzene rings is 2. The fraction of sp³-hybridized carbons (Fsp3) is 0.263. The molecule has 0 atom stereocenters. The van der Waals surface area contributed by atoms with Gasteiger partial charge in [-0.1, -0.05) is 46.3 Å². The van der Waals surface area contributed by atoms with Crippen LogP contribution in [0.1, 0.15) is 34.3 Å². The van der Waals surface area contributed by atoms with Crippen molar-refractivity contribution >= 4 is 27.7 Å². The summed E-state index contributed by atoms with van der Waals surface area (Å²) in [5.74, 6) is -0.105. The number of alkyl halides is 1. The first kappa shape index (κ1) is 19.0. The Labute approximate surface area is 155 Å². The lowest BCUT2D eigenvalue weighted by molar-refractivity contribution is 0.0472. The molecule has 0 spiro atoms. The molecule has 0 unspecified atom stereocenters. The van der Waals surface area contributed by atoms with Crippen molar-refractivity contribution in [3.05, 3.63) is 65.2 Å². The maximum absolute atomic E-state index is 12.2. The van der Waals surface area contributed by atoms with Gasteiger partial charge in [-0.05, 0) is 36.6 Å². The van der Waals surface area contributed by atoms with Gasteiger partial charge in [0.1, 0.15) is 18.2 Å². The number of amidine groups is 1. The molecule has 0 amide bonds. The Balaban J connectivity index is 2.04. The molecule has 6 heteroatoms. The molecular weight excluding hydrogens is 384 g/mol. The second kappa shape index (κ2) is 9.84. The van der Waals surface area contributed by atoms with Gasteiger partial charge >= 0.3 is 5.97 Å². The Morgan fingerprint density at radius 1 is 1.12 bits per heavy atom. The molecule has 2 aromatic carbocycles. The topological polar surface area (TPSA) is 85.4 Å². The number of carbonyl (C=O) groups excluding carboxylic acids is 1. The number of carbonyl (C=O) groups is 1. The van der Waals surface area contributed by atoms with Gasteiger partial charge in [0, 0.05) is 5.33 Å². The van der Waals surface area contributed by atoms with Crippen molar-refractivity contribution in [2.45, 2.75) is 19.4 Å². The second-order valence-electron chi connectivity index (χ2n) is 5.43. The van der Waals surface area contributed by atoms with Gasteiger partial charge in [0.15, 0.2) is 0 Å². The lowest BCUT2D eigenvalue weighted by Crippen LogP contribution is -2.15. The van der Waals surface area contributed by atoms with Gasteiger partial charge in [-0.3, -0.25) is 5.41 Å². The van der Waals surface area contributed by atoms with Crippen molar-refractivity contribution in [1.29, 1.82) is 5.41 Å². The molecule has 0 saturated carbocycles. The number of ether oxygens (including phenoxy) is 2. The first-order valence-electron chi connectivity index (χ1n) is 8.00. The summed E-state index contributed by atoms with van der Waals surface area (Å²) in [5, 5.41) is 8.62. The van der Waals surface area contributed by atoms with Crippen LogP contribution in [0, 0.1) is 5.41 Å². The molecule has 2 rings (SSSR count). The number of hydrogen-bond donors (Lipinski definition) is 2. The van der Waals surface area contributed by atoms with E-state index in [2.05, 4.69) is 15.9 Å². The highest BCUT2D eigenvalue weighted by molar-refractivity contribution is 9.09. The summed E-state index contributed by atoms with van der Waals surface area (Å²) in [6.45, 7) is 0.726. The molecule has 0 aliphatic carbocycles. The number of rotatable bonds is 9. The summed E-state index contributed by atoms with van der Waals surface area (Å²) in [6, 6.07) is 14.3. The van der Waals surface area contributed by atoms with Crippen LogP contribution in [0.15, 0.2) is 48.5 Å². The molecule has 0 aliphatic heterocycles. The molecule has 0 aliphatic rings. The SMILES string of the molecule is N=C(N)c1cc(C(=O)OCc2ccccc2)ccc1OCCCCBr. The van der Waals surface area contributed by atoms with E-state index in [9.17, 15) is 4.79 Å². The van der Waals surface area contributed by atoms with Crippen LogP contribution in [0.4, 0.5) is 0 Å². The Morgan fingerprint density at radius 2 is 1.88 bits per heavy atom. The highest BCUT2D eigenvalue weighted by Crippen LogP contribution is 2.21. The quantitative estimate of drug-likeness (QED) is 0.218. The van der Waals surface area contributed by atoms with Crippen molar-refractivity contribution in [3.63, 3.8) is 0 Å². The van der Waals surface area contributed by atoms with Crippen LogP contribution >= 0.6 is 15.9 Å². The third kappa shape index (κ3) is 5.90. The van der Waals surface area contributed by atoms with Crippen molar-refractivity contribution in [3.8, 4) is 5.75 Å². The molecule has 5 nitrogen and oxygen atoms in total. The minimum Gasteiger partial charge on any atom is -0.493 e. The molecular formula is C19H21BrN2O3. The van der Waals surface area contributed by atoms with Gasteiger partial charge in [-0.25, -0.2) is 4.79 Å². The molecule has 0 radical (unpaired) electrons. The number of nitrogens with one attached hydrogen (secondary N) is 1. The third-order valence-corrected chi connectivity index (χ3v) is 4.06. The van der Waals surface area contributed by atoms with Crippen LogP contribution in [0.3, 0.4) is 0 Å². The minimum atomic E-state index is -0.461. The van der Waals surface area contributed by atoms with Gasteiger partial charge in [-0.2, -0.15) is 0 Å². The van der Waals surface area contributed by atoms with Gasteiger partial charge in [0.05, 0.1) is 17.7 Å². The highest BCUT2D eigenvalue weighted by Gasteiger charge is 2.14. The smallest absolute Gasteiger partial charge is 0.338 e. The van der Waals surface area contributed by atoms with E-state index in [1.54, 1.807) is 12.1 Å². The van der Waals surface area contributed by atoms with Gasteiger partial charge in [0.2, 0.25) is 0 Å². The van der Waals surface area contributed by atoms with Gasteiger partial charge in [0.25, 0.3) is 0 Å². The predicted octanol–water partition coefficient (Wildman–Crippen LogP) is 3.88. The average Bonchev–Trinajstić information content (AvgIpc) is 2.64.